The van der Waals surface area contributed by atoms with Crippen LogP contribution < -0.4 is 9.05 Å². The van der Waals surface area contributed by atoms with Crippen molar-refractivity contribution in [1.82, 2.24) is 0 Å². The first-order valence-electron chi connectivity index (χ1n) is 10.1. The Morgan fingerprint density at radius 3 is 1.45 bits per heavy atom. The molecule has 0 radical (unpaired) electrons. The van der Waals surface area contributed by atoms with Crippen LogP contribution in [0.1, 0.15) is 87.8 Å². The van der Waals surface area contributed by atoms with Crippen molar-refractivity contribution in [2.45, 2.75) is 79.1 Å². The first kappa shape index (κ1) is 21.9. The van der Waals surface area contributed by atoms with Crippen molar-refractivity contribution in [2.24, 2.45) is 0 Å². The van der Waals surface area contributed by atoms with Gasteiger partial charge in [0.15, 0.2) is 0 Å². The summed E-state index contributed by atoms with van der Waals surface area (Å²) < 4.78 is 24.6. The maximum atomic E-state index is 13.1. The van der Waals surface area contributed by atoms with E-state index in [0.717, 1.165) is 33.4 Å². The number of hydrogen-bond donors (Lipinski definition) is 1. The Labute approximate surface area is 174 Å². The second-order valence-electron chi connectivity index (χ2n) is 10.3. The lowest BCUT2D eigenvalue weighted by molar-refractivity contribution is 0.280. The Balaban J connectivity index is 2.41. The fourth-order valence-corrected chi connectivity index (χ4v) is 4.89. The number of aryl methyl sites for hydroxylation is 2. The lowest BCUT2D eigenvalue weighted by Gasteiger charge is -2.33. The van der Waals surface area contributed by atoms with E-state index in [2.05, 4.69) is 60.6 Å². The van der Waals surface area contributed by atoms with Crippen molar-refractivity contribution < 1.29 is 18.5 Å². The molecule has 0 fully saturated rings. The molecule has 2 aromatic carbocycles. The lowest BCUT2D eigenvalue weighted by Crippen LogP contribution is -2.20. The topological polar surface area (TPSA) is 55.8 Å². The highest BCUT2D eigenvalue weighted by Gasteiger charge is 2.38. The number of phosphoric ester groups is 1. The molecule has 0 atom stereocenters. The van der Waals surface area contributed by atoms with Crippen LogP contribution in [0.3, 0.4) is 0 Å². The van der Waals surface area contributed by atoms with Crippen molar-refractivity contribution in [2.75, 3.05) is 0 Å². The fraction of sp³-hybridized carbons (Fsp3) is 0.500. The molecular weight excluding hydrogens is 383 g/mol. The second-order valence-corrected chi connectivity index (χ2v) is 11.6. The van der Waals surface area contributed by atoms with Gasteiger partial charge in [-0.2, -0.15) is 0 Å². The Morgan fingerprint density at radius 1 is 0.793 bits per heavy atom. The van der Waals surface area contributed by atoms with Gasteiger partial charge in [-0.3, -0.25) is 4.89 Å². The van der Waals surface area contributed by atoms with Crippen LogP contribution in [-0.4, -0.2) is 4.89 Å². The van der Waals surface area contributed by atoms with Gasteiger partial charge in [-0.05, 0) is 24.7 Å². The Kier molecular flexibility index (Phi) is 5.21. The van der Waals surface area contributed by atoms with E-state index >= 15 is 0 Å². The molecule has 2 aromatic rings. The van der Waals surface area contributed by atoms with E-state index in [1.807, 2.05) is 26.0 Å². The summed E-state index contributed by atoms with van der Waals surface area (Å²) in [6, 6.07) is 8.18. The Bertz CT molecular complexity index is 932. The minimum absolute atomic E-state index is 0.0534. The molecule has 4 nitrogen and oxygen atoms in total. The van der Waals surface area contributed by atoms with Gasteiger partial charge in [0.1, 0.15) is 11.5 Å². The number of phosphoric acid groups is 1. The van der Waals surface area contributed by atoms with E-state index in [4.69, 9.17) is 9.05 Å². The predicted molar refractivity (Wildman–Crippen MR) is 118 cm³/mol. The lowest BCUT2D eigenvalue weighted by atomic mass is 9.79. The average molecular weight is 416 g/mol. The van der Waals surface area contributed by atoms with E-state index in [1.54, 1.807) is 0 Å². The summed E-state index contributed by atoms with van der Waals surface area (Å²) >= 11 is 0. The monoisotopic (exact) mass is 416 g/mol. The van der Waals surface area contributed by atoms with Crippen LogP contribution in [0.4, 0.5) is 0 Å². The number of rotatable bonds is 0. The number of benzene rings is 2. The van der Waals surface area contributed by atoms with Gasteiger partial charge in [-0.1, -0.05) is 83.9 Å². The maximum Gasteiger partial charge on any atom is 0.584 e. The third-order valence-corrected chi connectivity index (χ3v) is 6.31. The highest BCUT2D eigenvalue weighted by molar-refractivity contribution is 7.48. The van der Waals surface area contributed by atoms with E-state index in [-0.39, 0.29) is 16.7 Å². The third kappa shape index (κ3) is 4.25. The van der Waals surface area contributed by atoms with Gasteiger partial charge in [0, 0.05) is 28.2 Å². The summed E-state index contributed by atoms with van der Waals surface area (Å²) in [5.74, 6) is 0.874. The average Bonchev–Trinajstić information content (AvgIpc) is 2.53. The van der Waals surface area contributed by atoms with E-state index in [1.165, 1.54) is 0 Å². The van der Waals surface area contributed by atoms with Crippen LogP contribution >= 0.6 is 7.82 Å². The summed E-state index contributed by atoms with van der Waals surface area (Å²) in [4.78, 5) is 10.7. The maximum absolute atomic E-state index is 13.1. The van der Waals surface area contributed by atoms with Gasteiger partial charge in [0.2, 0.25) is 0 Å². The molecule has 0 saturated heterocycles. The molecule has 0 unspecified atom stereocenters. The summed E-state index contributed by atoms with van der Waals surface area (Å²) in [6.45, 7) is 18.7. The van der Waals surface area contributed by atoms with Crippen molar-refractivity contribution in [1.29, 1.82) is 0 Å². The Morgan fingerprint density at radius 2 is 1.14 bits per heavy atom. The summed E-state index contributed by atoms with van der Waals surface area (Å²) in [7, 11) is -4.37. The van der Waals surface area contributed by atoms with Crippen molar-refractivity contribution in [3.05, 3.63) is 57.6 Å². The predicted octanol–water partition coefficient (Wildman–Crippen LogP) is 6.92. The van der Waals surface area contributed by atoms with Crippen molar-refractivity contribution in [3.63, 3.8) is 0 Å². The first-order chi connectivity index (χ1) is 13.1. The SMILES string of the molecule is Cc1cc2c(c(C(C)(C)C)c1)OP(=O)(O)Oc1c(cc(C)cc1C(C)(C)C)C2C. The minimum Gasteiger partial charge on any atom is -0.395 e. The molecule has 1 aliphatic rings. The molecule has 1 heterocycles. The largest absolute Gasteiger partial charge is 0.584 e. The zero-order valence-electron chi connectivity index (χ0n) is 19.0. The number of hydrogen-bond acceptors (Lipinski definition) is 3. The molecule has 0 saturated carbocycles. The standard InChI is InChI=1S/C24H33O4P/c1-14-10-17-16(3)18-11-15(2)13-20(24(7,8)9)22(18)28-29(25,26)27-21(17)19(12-14)23(4,5)6/h10-13,16H,1-9H3,(H,25,26). The molecule has 0 aliphatic carbocycles. The van der Waals surface area contributed by atoms with Gasteiger partial charge >= 0.3 is 7.82 Å². The quantitative estimate of drug-likeness (QED) is 0.474. The number of fused-ring (bicyclic) bond motifs is 2. The van der Waals surface area contributed by atoms with Crippen molar-refractivity contribution >= 4 is 7.82 Å². The smallest absolute Gasteiger partial charge is 0.395 e. The van der Waals surface area contributed by atoms with E-state index in [9.17, 15) is 9.46 Å². The van der Waals surface area contributed by atoms with Crippen LogP contribution in [0.25, 0.3) is 0 Å². The minimum atomic E-state index is -4.37. The molecule has 0 aromatic heterocycles. The highest BCUT2D eigenvalue weighted by Crippen LogP contribution is 2.56. The van der Waals surface area contributed by atoms with Crippen molar-refractivity contribution in [3.8, 4) is 11.5 Å². The molecule has 0 amide bonds. The first-order valence-corrected chi connectivity index (χ1v) is 11.6. The molecule has 5 heteroatoms. The van der Waals surface area contributed by atoms with Gasteiger partial charge in [0.25, 0.3) is 0 Å². The van der Waals surface area contributed by atoms with Gasteiger partial charge in [-0.25, -0.2) is 4.57 Å². The summed E-state index contributed by atoms with van der Waals surface area (Å²) in [5.41, 5.74) is 5.35. The van der Waals surface area contributed by atoms with Gasteiger partial charge < -0.3 is 9.05 Å². The normalized spacial score (nSPS) is 21.9. The molecule has 1 N–H and O–H groups in total. The van der Waals surface area contributed by atoms with Crippen LogP contribution in [0.15, 0.2) is 24.3 Å². The highest BCUT2D eigenvalue weighted by atomic mass is 31.2. The summed E-state index contributed by atoms with van der Waals surface area (Å²) in [5, 5.41) is 0. The molecule has 1 aliphatic heterocycles. The zero-order chi connectivity index (χ0) is 21.9. The Hall–Kier alpha value is -1.77. The zero-order valence-corrected chi connectivity index (χ0v) is 19.9. The molecule has 0 spiro atoms. The molecular formula is C24H33O4P. The summed E-state index contributed by atoms with van der Waals surface area (Å²) in [6.07, 6.45) is 0. The van der Waals surface area contributed by atoms with Crippen LogP contribution in [0.5, 0.6) is 11.5 Å². The van der Waals surface area contributed by atoms with E-state index < -0.39 is 7.82 Å². The van der Waals surface area contributed by atoms with Crippen LogP contribution in [-0.2, 0) is 15.4 Å². The molecule has 29 heavy (non-hydrogen) atoms. The third-order valence-electron chi connectivity index (χ3n) is 5.49. The molecule has 158 valence electrons. The van der Waals surface area contributed by atoms with Gasteiger partial charge in [0.05, 0.1) is 0 Å². The van der Waals surface area contributed by atoms with Crippen LogP contribution in [0.2, 0.25) is 0 Å². The fourth-order valence-electron chi connectivity index (χ4n) is 3.98. The second kappa shape index (κ2) is 6.89. The van der Waals surface area contributed by atoms with Gasteiger partial charge in [-0.15, -0.1) is 0 Å². The molecule has 3 rings (SSSR count). The molecule has 0 bridgehead atoms. The van der Waals surface area contributed by atoms with E-state index in [0.29, 0.717) is 11.5 Å². The van der Waals surface area contributed by atoms with Crippen LogP contribution in [0, 0.1) is 13.8 Å².